The zero-order chi connectivity index (χ0) is 16.8. The summed E-state index contributed by atoms with van der Waals surface area (Å²) in [4.78, 5) is 13.1. The van der Waals surface area contributed by atoms with Crippen molar-refractivity contribution in [3.8, 4) is 5.75 Å². The van der Waals surface area contributed by atoms with E-state index in [-0.39, 0.29) is 11.5 Å². The van der Waals surface area contributed by atoms with E-state index in [2.05, 4.69) is 0 Å². The summed E-state index contributed by atoms with van der Waals surface area (Å²) in [6.45, 7) is 1.75. The smallest absolute Gasteiger partial charge is 0.234 e. The first-order valence-corrected chi connectivity index (χ1v) is 7.49. The number of ketones is 1. The Kier molecular flexibility index (Phi) is 3.09. The average molecular weight is 321 g/mol. The molecular weight excluding hydrogens is 306 g/mol. The number of benzene rings is 2. The van der Waals surface area contributed by atoms with Crippen LogP contribution < -0.4 is 10.5 Å². The molecule has 0 bridgehead atoms. The summed E-state index contributed by atoms with van der Waals surface area (Å²) in [6.07, 6.45) is 0. The first-order valence-electron chi connectivity index (χ1n) is 7.49. The molecule has 4 rings (SSSR count). The topological polar surface area (TPSA) is 78.6 Å². The normalized spacial score (nSPS) is 11.2. The lowest BCUT2D eigenvalue weighted by Gasteiger charge is -2.01. The number of ether oxygens (including phenoxy) is 1. The van der Waals surface area contributed by atoms with Crippen molar-refractivity contribution in [3.63, 3.8) is 0 Å². The van der Waals surface area contributed by atoms with E-state index in [1.54, 1.807) is 38.3 Å². The third kappa shape index (κ3) is 1.98. The monoisotopic (exact) mass is 321 g/mol. The summed E-state index contributed by atoms with van der Waals surface area (Å²) in [5.41, 5.74) is 8.11. The maximum atomic E-state index is 13.1. The number of nitrogen functional groups attached to an aromatic ring is 1. The number of nitrogens with two attached hydrogens (primary N) is 1. The van der Waals surface area contributed by atoms with E-state index >= 15 is 0 Å². The number of rotatable bonds is 3. The molecule has 0 amide bonds. The molecular formula is C19H15NO4. The van der Waals surface area contributed by atoms with Crippen molar-refractivity contribution >= 4 is 33.4 Å². The van der Waals surface area contributed by atoms with Crippen LogP contribution in [0.1, 0.15) is 21.9 Å². The van der Waals surface area contributed by atoms with Crippen LogP contribution in [0, 0.1) is 6.92 Å². The minimum absolute atomic E-state index is 0.129. The first-order chi connectivity index (χ1) is 11.6. The second kappa shape index (κ2) is 5.16. The van der Waals surface area contributed by atoms with Gasteiger partial charge in [-0.25, -0.2) is 0 Å². The summed E-state index contributed by atoms with van der Waals surface area (Å²) < 4.78 is 16.6. The Morgan fingerprint density at radius 1 is 1.04 bits per heavy atom. The van der Waals surface area contributed by atoms with Crippen molar-refractivity contribution < 1.29 is 18.4 Å². The van der Waals surface area contributed by atoms with Crippen LogP contribution in [-0.4, -0.2) is 12.9 Å². The molecule has 0 spiro atoms. The van der Waals surface area contributed by atoms with Crippen LogP contribution in [0.4, 0.5) is 5.69 Å². The molecule has 2 aromatic heterocycles. The molecule has 0 atom stereocenters. The third-order valence-corrected chi connectivity index (χ3v) is 4.14. The molecule has 0 unspecified atom stereocenters. The number of methoxy groups -OCH3 is 1. The maximum absolute atomic E-state index is 13.1. The van der Waals surface area contributed by atoms with Gasteiger partial charge in [0.1, 0.15) is 22.7 Å². The van der Waals surface area contributed by atoms with Crippen LogP contribution >= 0.6 is 0 Å². The molecule has 120 valence electrons. The third-order valence-electron chi connectivity index (χ3n) is 4.14. The van der Waals surface area contributed by atoms with E-state index in [9.17, 15) is 4.79 Å². The number of para-hydroxylation sites is 1. The number of carbonyl (C=O) groups excluding carboxylic acids is 1. The van der Waals surface area contributed by atoms with E-state index in [0.29, 0.717) is 39.3 Å². The Morgan fingerprint density at radius 2 is 1.79 bits per heavy atom. The molecule has 24 heavy (non-hydrogen) atoms. The highest BCUT2D eigenvalue weighted by Crippen LogP contribution is 2.34. The number of hydrogen-bond donors (Lipinski definition) is 1. The van der Waals surface area contributed by atoms with Crippen LogP contribution in [0.3, 0.4) is 0 Å². The van der Waals surface area contributed by atoms with Gasteiger partial charge in [-0.2, -0.15) is 0 Å². The lowest BCUT2D eigenvalue weighted by Crippen LogP contribution is -2.04. The summed E-state index contributed by atoms with van der Waals surface area (Å²) in [7, 11) is 1.58. The molecule has 0 saturated heterocycles. The van der Waals surface area contributed by atoms with Gasteiger partial charge < -0.3 is 19.3 Å². The van der Waals surface area contributed by atoms with Crippen LogP contribution in [0.5, 0.6) is 5.75 Å². The van der Waals surface area contributed by atoms with Gasteiger partial charge in [0.15, 0.2) is 5.76 Å². The number of anilines is 1. The number of furan rings is 2. The van der Waals surface area contributed by atoms with Gasteiger partial charge in [-0.3, -0.25) is 4.79 Å². The fourth-order valence-electron chi connectivity index (χ4n) is 2.96. The highest BCUT2D eigenvalue weighted by molar-refractivity contribution is 6.20. The predicted octanol–water partition coefficient (Wildman–Crippen LogP) is 4.31. The fourth-order valence-corrected chi connectivity index (χ4v) is 2.96. The van der Waals surface area contributed by atoms with Gasteiger partial charge >= 0.3 is 0 Å². The summed E-state index contributed by atoms with van der Waals surface area (Å²) in [5, 5.41) is 1.40. The number of carbonyl (C=O) groups is 1. The van der Waals surface area contributed by atoms with Crippen molar-refractivity contribution in [3.05, 3.63) is 59.5 Å². The van der Waals surface area contributed by atoms with Crippen LogP contribution in [-0.2, 0) is 0 Å². The summed E-state index contributed by atoms with van der Waals surface area (Å²) in [5.74, 6) is 0.996. The summed E-state index contributed by atoms with van der Waals surface area (Å²) in [6, 6.07) is 12.6. The van der Waals surface area contributed by atoms with E-state index in [4.69, 9.17) is 19.3 Å². The molecule has 2 aromatic carbocycles. The molecule has 5 nitrogen and oxygen atoms in total. The molecule has 0 aliphatic rings. The van der Waals surface area contributed by atoms with Gasteiger partial charge in [-0.05, 0) is 37.3 Å². The van der Waals surface area contributed by atoms with Gasteiger partial charge in [-0.15, -0.1) is 0 Å². The Hall–Kier alpha value is -3.21. The van der Waals surface area contributed by atoms with Crippen LogP contribution in [0.2, 0.25) is 0 Å². The zero-order valence-corrected chi connectivity index (χ0v) is 13.3. The highest BCUT2D eigenvalue weighted by atomic mass is 16.5. The molecule has 4 aromatic rings. The van der Waals surface area contributed by atoms with E-state index in [1.807, 2.05) is 18.2 Å². The largest absolute Gasteiger partial charge is 0.497 e. The Balaban J connectivity index is 1.94. The fraction of sp³-hybridized carbons (Fsp3) is 0.105. The SMILES string of the molecule is COc1ccc2oc(C)c(C(=O)c3oc4ccccc4c3N)c2c1. The van der Waals surface area contributed by atoms with Crippen LogP contribution in [0.15, 0.2) is 51.3 Å². The zero-order valence-electron chi connectivity index (χ0n) is 13.3. The van der Waals surface area contributed by atoms with E-state index in [1.165, 1.54) is 0 Å². The van der Waals surface area contributed by atoms with Crippen molar-refractivity contribution in [2.24, 2.45) is 0 Å². The molecule has 2 N–H and O–H groups in total. The van der Waals surface area contributed by atoms with Crippen molar-refractivity contribution in [1.29, 1.82) is 0 Å². The van der Waals surface area contributed by atoms with Gasteiger partial charge in [-0.1, -0.05) is 12.1 Å². The lowest BCUT2D eigenvalue weighted by atomic mass is 10.0. The Morgan fingerprint density at radius 3 is 2.54 bits per heavy atom. The van der Waals surface area contributed by atoms with Gasteiger partial charge in [0.2, 0.25) is 5.78 Å². The minimum Gasteiger partial charge on any atom is -0.497 e. The Labute approximate surface area is 137 Å². The number of aryl methyl sites for hydroxylation is 1. The van der Waals surface area contributed by atoms with Gasteiger partial charge in [0.25, 0.3) is 0 Å². The standard InChI is InChI=1S/C19H15NO4/c1-10-16(13-9-11(22-2)7-8-15(13)23-10)18(21)19-17(20)12-5-3-4-6-14(12)24-19/h3-9H,20H2,1-2H3. The van der Waals surface area contributed by atoms with E-state index in [0.717, 1.165) is 5.39 Å². The molecule has 2 heterocycles. The molecule has 0 radical (unpaired) electrons. The summed E-state index contributed by atoms with van der Waals surface area (Å²) >= 11 is 0. The lowest BCUT2D eigenvalue weighted by molar-refractivity contribution is 0.101. The van der Waals surface area contributed by atoms with Gasteiger partial charge in [0, 0.05) is 10.8 Å². The predicted molar refractivity (Wildman–Crippen MR) is 91.6 cm³/mol. The number of hydrogen-bond acceptors (Lipinski definition) is 5. The quantitative estimate of drug-likeness (QED) is 0.569. The molecule has 0 fully saturated rings. The first kappa shape index (κ1) is 14.4. The van der Waals surface area contributed by atoms with Crippen LogP contribution in [0.25, 0.3) is 21.9 Å². The molecule has 0 saturated carbocycles. The molecule has 5 heteroatoms. The van der Waals surface area contributed by atoms with E-state index < -0.39 is 0 Å². The second-order valence-corrected chi connectivity index (χ2v) is 5.57. The molecule has 0 aliphatic carbocycles. The van der Waals surface area contributed by atoms with Crippen molar-refractivity contribution in [1.82, 2.24) is 0 Å². The maximum Gasteiger partial charge on any atom is 0.234 e. The highest BCUT2D eigenvalue weighted by Gasteiger charge is 2.26. The number of fused-ring (bicyclic) bond motifs is 2. The van der Waals surface area contributed by atoms with Crippen molar-refractivity contribution in [2.75, 3.05) is 12.8 Å². The Bertz CT molecular complexity index is 1090. The minimum atomic E-state index is -0.298. The second-order valence-electron chi connectivity index (χ2n) is 5.57. The molecule has 0 aliphatic heterocycles. The van der Waals surface area contributed by atoms with Crippen molar-refractivity contribution in [2.45, 2.75) is 6.92 Å². The average Bonchev–Trinajstić information content (AvgIpc) is 3.10. The van der Waals surface area contributed by atoms with Gasteiger partial charge in [0.05, 0.1) is 18.4 Å².